The molecule has 3 rings (SSSR count). The van der Waals surface area contributed by atoms with Crippen molar-refractivity contribution in [2.75, 3.05) is 27.4 Å². The van der Waals surface area contributed by atoms with Crippen LogP contribution in [0.25, 0.3) is 0 Å². The summed E-state index contributed by atoms with van der Waals surface area (Å²) in [6.45, 7) is 1.43. The van der Waals surface area contributed by atoms with Crippen LogP contribution < -0.4 is 9.47 Å². The van der Waals surface area contributed by atoms with Crippen LogP contribution in [-0.2, 0) is 4.84 Å². The van der Waals surface area contributed by atoms with Gasteiger partial charge in [0.05, 0.1) is 26.4 Å². The molecule has 1 saturated heterocycles. The summed E-state index contributed by atoms with van der Waals surface area (Å²) in [5, 5.41) is 1.92. The van der Waals surface area contributed by atoms with Gasteiger partial charge >= 0.3 is 0 Å². The Morgan fingerprint density at radius 3 is 3.06 bits per heavy atom. The molecule has 1 aromatic rings. The molecule has 16 heavy (non-hydrogen) atoms. The smallest absolute Gasteiger partial charge is 0.166 e. The van der Waals surface area contributed by atoms with Crippen LogP contribution in [0, 0.1) is 5.92 Å². The molecule has 0 aromatic heterocycles. The highest BCUT2D eigenvalue weighted by Crippen LogP contribution is 2.46. The Morgan fingerprint density at radius 1 is 1.38 bits per heavy atom. The molecule has 4 heteroatoms. The molecule has 2 aliphatic rings. The molecule has 0 amide bonds. The van der Waals surface area contributed by atoms with Crippen molar-refractivity contribution in [3.8, 4) is 11.5 Å². The second-order valence-corrected chi connectivity index (χ2v) is 4.24. The molecule has 0 radical (unpaired) electrons. The molecule has 0 unspecified atom stereocenters. The van der Waals surface area contributed by atoms with Gasteiger partial charge in [-0.2, -0.15) is 5.06 Å². The van der Waals surface area contributed by atoms with Gasteiger partial charge in [0, 0.05) is 18.5 Å². The molecule has 1 aromatic carbocycles. The van der Waals surface area contributed by atoms with Gasteiger partial charge in [-0.05, 0) is 6.07 Å². The second kappa shape index (κ2) is 3.64. The first-order valence-corrected chi connectivity index (χ1v) is 5.46. The first-order valence-electron chi connectivity index (χ1n) is 5.46. The molecular weight excluding hydrogens is 206 g/mol. The Bertz CT molecular complexity index is 407. The largest absolute Gasteiger partial charge is 0.493 e. The van der Waals surface area contributed by atoms with Crippen LogP contribution >= 0.6 is 0 Å². The first kappa shape index (κ1) is 9.93. The maximum Gasteiger partial charge on any atom is 0.166 e. The van der Waals surface area contributed by atoms with Gasteiger partial charge in [0.1, 0.15) is 0 Å². The lowest BCUT2D eigenvalue weighted by Gasteiger charge is -2.30. The first-order chi connectivity index (χ1) is 7.81. The van der Waals surface area contributed by atoms with Crippen molar-refractivity contribution < 1.29 is 14.3 Å². The molecule has 2 atom stereocenters. The molecule has 2 heterocycles. The summed E-state index contributed by atoms with van der Waals surface area (Å²) in [5.74, 6) is 2.09. The third-order valence-electron chi connectivity index (χ3n) is 3.32. The Hall–Kier alpha value is -1.26. The zero-order valence-corrected chi connectivity index (χ0v) is 9.47. The SMILES string of the molecule is COc1cccc2c1OC[C@@H]1CON(C)[C@@H]21. The summed E-state index contributed by atoms with van der Waals surface area (Å²) in [6.07, 6.45) is 0. The molecule has 0 bridgehead atoms. The van der Waals surface area contributed by atoms with Crippen molar-refractivity contribution in [1.29, 1.82) is 0 Å². The van der Waals surface area contributed by atoms with Crippen LogP contribution in [0.3, 0.4) is 0 Å². The van der Waals surface area contributed by atoms with Crippen molar-refractivity contribution in [3.63, 3.8) is 0 Å². The van der Waals surface area contributed by atoms with Crippen LogP contribution in [0.4, 0.5) is 0 Å². The van der Waals surface area contributed by atoms with Crippen molar-refractivity contribution >= 4 is 0 Å². The lowest BCUT2D eigenvalue weighted by molar-refractivity contribution is -0.111. The number of hydroxylamine groups is 2. The summed E-state index contributed by atoms with van der Waals surface area (Å²) in [5.41, 5.74) is 1.16. The predicted molar refractivity (Wildman–Crippen MR) is 58.4 cm³/mol. The number of hydrogen-bond donors (Lipinski definition) is 0. The topological polar surface area (TPSA) is 30.9 Å². The minimum Gasteiger partial charge on any atom is -0.493 e. The van der Waals surface area contributed by atoms with E-state index in [1.807, 2.05) is 24.2 Å². The number of methoxy groups -OCH3 is 1. The lowest BCUT2D eigenvalue weighted by atomic mass is 9.92. The van der Waals surface area contributed by atoms with Gasteiger partial charge in [-0.3, -0.25) is 4.84 Å². The highest BCUT2D eigenvalue weighted by Gasteiger charge is 2.40. The van der Waals surface area contributed by atoms with Crippen LogP contribution in [0.5, 0.6) is 11.5 Å². The maximum atomic E-state index is 5.78. The number of benzene rings is 1. The molecule has 0 N–H and O–H groups in total. The Labute approximate surface area is 94.7 Å². The standard InChI is InChI=1S/C12H15NO3/c1-13-11-8(7-16-13)6-15-12-9(11)4-3-5-10(12)14-2/h3-5,8,11H,6-7H2,1-2H3/t8-,11-/m1/s1. The van der Waals surface area contributed by atoms with Crippen LogP contribution in [0.2, 0.25) is 0 Å². The van der Waals surface area contributed by atoms with Gasteiger partial charge in [0.25, 0.3) is 0 Å². The fourth-order valence-electron chi connectivity index (χ4n) is 2.54. The molecular formula is C12H15NO3. The third kappa shape index (κ3) is 1.30. The van der Waals surface area contributed by atoms with E-state index in [9.17, 15) is 0 Å². The minimum absolute atomic E-state index is 0.291. The van der Waals surface area contributed by atoms with Crippen LogP contribution in [0.1, 0.15) is 11.6 Å². The summed E-state index contributed by atoms with van der Waals surface area (Å²) in [6, 6.07) is 6.29. The summed E-state index contributed by atoms with van der Waals surface area (Å²) >= 11 is 0. The Balaban J connectivity index is 2.08. The normalized spacial score (nSPS) is 28.1. The van der Waals surface area contributed by atoms with E-state index in [4.69, 9.17) is 14.3 Å². The van der Waals surface area contributed by atoms with Gasteiger partial charge in [0.2, 0.25) is 0 Å². The molecule has 86 valence electrons. The molecule has 0 spiro atoms. The quantitative estimate of drug-likeness (QED) is 0.721. The average molecular weight is 221 g/mol. The van der Waals surface area contributed by atoms with Gasteiger partial charge < -0.3 is 9.47 Å². The van der Waals surface area contributed by atoms with Crippen molar-refractivity contribution in [2.45, 2.75) is 6.04 Å². The van der Waals surface area contributed by atoms with Gasteiger partial charge in [-0.25, -0.2) is 0 Å². The predicted octanol–water partition coefficient (Wildman–Crippen LogP) is 1.62. The molecule has 1 fully saturated rings. The van der Waals surface area contributed by atoms with E-state index in [1.54, 1.807) is 7.11 Å². The molecule has 0 saturated carbocycles. The monoisotopic (exact) mass is 221 g/mol. The zero-order chi connectivity index (χ0) is 11.1. The molecule has 0 aliphatic carbocycles. The molecule has 4 nitrogen and oxygen atoms in total. The third-order valence-corrected chi connectivity index (χ3v) is 3.32. The fourth-order valence-corrected chi connectivity index (χ4v) is 2.54. The Kier molecular flexibility index (Phi) is 2.26. The van der Waals surface area contributed by atoms with Crippen LogP contribution in [-0.4, -0.2) is 32.4 Å². The maximum absolute atomic E-state index is 5.78. The highest BCUT2D eigenvalue weighted by atomic mass is 16.7. The molecule has 2 aliphatic heterocycles. The van der Waals surface area contributed by atoms with E-state index in [0.29, 0.717) is 18.6 Å². The lowest BCUT2D eigenvalue weighted by Crippen LogP contribution is -2.29. The number of nitrogens with zero attached hydrogens (tertiary/aromatic N) is 1. The summed E-state index contributed by atoms with van der Waals surface area (Å²) < 4.78 is 11.1. The Morgan fingerprint density at radius 2 is 2.25 bits per heavy atom. The number of para-hydroxylation sites is 1. The van der Waals surface area contributed by atoms with Gasteiger partial charge in [0.15, 0.2) is 11.5 Å². The van der Waals surface area contributed by atoms with E-state index in [-0.39, 0.29) is 0 Å². The van der Waals surface area contributed by atoms with E-state index in [2.05, 4.69) is 6.07 Å². The van der Waals surface area contributed by atoms with Crippen molar-refractivity contribution in [1.82, 2.24) is 5.06 Å². The van der Waals surface area contributed by atoms with Gasteiger partial charge in [-0.1, -0.05) is 12.1 Å². The number of hydrogen-bond acceptors (Lipinski definition) is 4. The number of fused-ring (bicyclic) bond motifs is 3. The van der Waals surface area contributed by atoms with E-state index in [1.165, 1.54) is 0 Å². The van der Waals surface area contributed by atoms with Gasteiger partial charge in [-0.15, -0.1) is 0 Å². The van der Waals surface area contributed by atoms with Crippen molar-refractivity contribution in [2.24, 2.45) is 5.92 Å². The number of rotatable bonds is 1. The fraction of sp³-hybridized carbons (Fsp3) is 0.500. The van der Waals surface area contributed by atoms with E-state index in [0.717, 1.165) is 23.7 Å². The van der Waals surface area contributed by atoms with Crippen LogP contribution in [0.15, 0.2) is 18.2 Å². The summed E-state index contributed by atoms with van der Waals surface area (Å²) in [4.78, 5) is 5.54. The van der Waals surface area contributed by atoms with E-state index < -0.39 is 0 Å². The zero-order valence-electron chi connectivity index (χ0n) is 9.47. The highest BCUT2D eigenvalue weighted by molar-refractivity contribution is 5.49. The number of ether oxygens (including phenoxy) is 2. The average Bonchev–Trinajstić information content (AvgIpc) is 2.70. The summed E-state index contributed by atoms with van der Waals surface area (Å²) in [7, 11) is 3.64. The van der Waals surface area contributed by atoms with E-state index >= 15 is 0 Å². The second-order valence-electron chi connectivity index (χ2n) is 4.24. The van der Waals surface area contributed by atoms with Crippen molar-refractivity contribution in [3.05, 3.63) is 23.8 Å². The minimum atomic E-state index is 0.291.